The molecule has 38 heavy (non-hydrogen) atoms. The van der Waals surface area contributed by atoms with Crippen LogP contribution in [0.2, 0.25) is 0 Å². The molecule has 4 heterocycles. The summed E-state index contributed by atoms with van der Waals surface area (Å²) in [7, 11) is 0. The fourth-order valence-corrected chi connectivity index (χ4v) is 5.14. The molecule has 3 aromatic rings. The highest BCUT2D eigenvalue weighted by molar-refractivity contribution is 6.44. The first-order valence-electron chi connectivity index (χ1n) is 11.4. The molecular weight excluding hydrogens is 522 g/mol. The molecule has 15 heteroatoms. The van der Waals surface area contributed by atoms with Gasteiger partial charge in [0.05, 0.1) is 29.0 Å². The molecule has 0 saturated heterocycles. The summed E-state index contributed by atoms with van der Waals surface area (Å²) in [6.45, 7) is 0.961. The number of alkyl halides is 5. The van der Waals surface area contributed by atoms with Crippen molar-refractivity contribution >= 4 is 23.3 Å². The predicted octanol–water partition coefficient (Wildman–Crippen LogP) is 3.69. The number of rotatable bonds is 7. The van der Waals surface area contributed by atoms with Crippen LogP contribution in [0.1, 0.15) is 62.8 Å². The lowest BCUT2D eigenvalue weighted by atomic mass is 9.71. The summed E-state index contributed by atoms with van der Waals surface area (Å²) in [5.74, 6) is -7.95. The number of Topliss-reactive ketones (excluding diaryl/α,β-unsaturated/α-hetero) is 1. The number of amides is 2. The number of H-pyrrole nitrogens is 2. The second-order valence-corrected chi connectivity index (χ2v) is 9.42. The van der Waals surface area contributed by atoms with Gasteiger partial charge < -0.3 is 25.4 Å². The average Bonchev–Trinajstić information content (AvgIpc) is 3.24. The van der Waals surface area contributed by atoms with E-state index in [-0.39, 0.29) is 41.2 Å². The SMILES string of the molecule is Cc1c(C(=O)C(=O)NC2(c3c[nH][nH]3)CC(F)(F)C2)c2n(c1C(=O)Nc1ccnc(C(F)F)c1F)C[C@H](F)C2. The zero-order chi connectivity index (χ0) is 27.6. The Balaban J connectivity index is 1.45. The molecule has 1 saturated carbocycles. The largest absolute Gasteiger partial charge is 0.338 e. The Morgan fingerprint density at radius 2 is 1.92 bits per heavy atom. The fourth-order valence-electron chi connectivity index (χ4n) is 5.14. The molecule has 1 aliphatic carbocycles. The van der Waals surface area contributed by atoms with E-state index in [1.54, 1.807) is 0 Å². The molecule has 3 aromatic heterocycles. The molecule has 0 spiro atoms. The van der Waals surface area contributed by atoms with Crippen molar-refractivity contribution in [3.8, 4) is 0 Å². The molecule has 9 nitrogen and oxygen atoms in total. The smallest absolute Gasteiger partial charge is 0.293 e. The normalized spacial score (nSPS) is 19.2. The highest BCUT2D eigenvalue weighted by Crippen LogP contribution is 2.51. The minimum absolute atomic E-state index is 0.0272. The van der Waals surface area contributed by atoms with Gasteiger partial charge in [0.2, 0.25) is 0 Å². The minimum Gasteiger partial charge on any atom is -0.338 e. The molecule has 2 amide bonds. The van der Waals surface area contributed by atoms with Crippen LogP contribution in [0.15, 0.2) is 18.5 Å². The Bertz CT molecular complexity index is 1440. The number of carbonyl (C=O) groups is 3. The summed E-state index contributed by atoms with van der Waals surface area (Å²) in [4.78, 5) is 42.5. The van der Waals surface area contributed by atoms with Crippen LogP contribution in [-0.2, 0) is 23.3 Å². The monoisotopic (exact) mass is 542 g/mol. The van der Waals surface area contributed by atoms with Crippen molar-refractivity contribution in [2.24, 2.45) is 0 Å². The molecule has 0 radical (unpaired) electrons. The zero-order valence-corrected chi connectivity index (χ0v) is 19.6. The molecule has 202 valence electrons. The van der Waals surface area contributed by atoms with E-state index in [9.17, 15) is 40.7 Å². The molecule has 2 aliphatic rings. The van der Waals surface area contributed by atoms with Crippen LogP contribution in [0.3, 0.4) is 0 Å². The molecular formula is C23H20F6N6O3. The number of nitrogens with zero attached hydrogens (tertiary/aromatic N) is 2. The van der Waals surface area contributed by atoms with Crippen LogP contribution >= 0.6 is 0 Å². The number of aromatic amines is 2. The van der Waals surface area contributed by atoms with Crippen LogP contribution in [0.5, 0.6) is 0 Å². The highest BCUT2D eigenvalue weighted by Gasteiger charge is 2.60. The lowest BCUT2D eigenvalue weighted by molar-refractivity contribution is -0.149. The zero-order valence-electron chi connectivity index (χ0n) is 19.6. The number of ketones is 1. The number of nitrogens with one attached hydrogen (secondary N) is 4. The number of carbonyl (C=O) groups excluding carboxylic acids is 3. The number of fused-ring (bicyclic) bond motifs is 1. The maximum atomic E-state index is 14.4. The van der Waals surface area contributed by atoms with Gasteiger partial charge in [-0.1, -0.05) is 0 Å². The maximum Gasteiger partial charge on any atom is 0.293 e. The van der Waals surface area contributed by atoms with E-state index in [0.717, 1.165) is 16.8 Å². The van der Waals surface area contributed by atoms with Gasteiger partial charge in [0.1, 0.15) is 17.6 Å². The summed E-state index contributed by atoms with van der Waals surface area (Å²) in [5.41, 5.74) is -3.62. The molecule has 4 N–H and O–H groups in total. The number of hydrogen-bond donors (Lipinski definition) is 4. The van der Waals surface area contributed by atoms with Crippen molar-refractivity contribution in [1.82, 2.24) is 25.1 Å². The first kappa shape index (κ1) is 25.6. The Morgan fingerprint density at radius 1 is 1.24 bits per heavy atom. The lowest BCUT2D eigenvalue weighted by Gasteiger charge is -2.47. The van der Waals surface area contributed by atoms with E-state index in [4.69, 9.17) is 0 Å². The summed E-state index contributed by atoms with van der Waals surface area (Å²) < 4.78 is 83.4. The van der Waals surface area contributed by atoms with E-state index in [1.807, 2.05) is 0 Å². The summed E-state index contributed by atoms with van der Waals surface area (Å²) in [6, 6.07) is 0.950. The fraction of sp³-hybridized carbons (Fsp3) is 0.391. The number of anilines is 1. The molecule has 1 fully saturated rings. The van der Waals surface area contributed by atoms with Crippen molar-refractivity contribution in [1.29, 1.82) is 0 Å². The van der Waals surface area contributed by atoms with Gasteiger partial charge in [0, 0.05) is 37.4 Å². The molecule has 1 aliphatic heterocycles. The van der Waals surface area contributed by atoms with E-state index in [1.165, 1.54) is 13.1 Å². The highest BCUT2D eigenvalue weighted by atomic mass is 19.3. The first-order valence-corrected chi connectivity index (χ1v) is 11.4. The number of halogens is 6. The van der Waals surface area contributed by atoms with Gasteiger partial charge in [-0.25, -0.2) is 26.3 Å². The summed E-state index contributed by atoms with van der Waals surface area (Å²) in [5, 5.41) is 9.61. The van der Waals surface area contributed by atoms with Crippen molar-refractivity contribution in [3.63, 3.8) is 0 Å². The maximum absolute atomic E-state index is 14.4. The van der Waals surface area contributed by atoms with Gasteiger partial charge in [-0.3, -0.25) is 19.4 Å². The van der Waals surface area contributed by atoms with E-state index in [2.05, 4.69) is 25.8 Å². The van der Waals surface area contributed by atoms with Crippen molar-refractivity contribution in [2.45, 2.75) is 56.8 Å². The third-order valence-corrected chi connectivity index (χ3v) is 6.84. The number of aromatic nitrogens is 4. The number of hydrogen-bond acceptors (Lipinski definition) is 4. The Hall–Kier alpha value is -4.04. The Labute approximate surface area is 210 Å². The van der Waals surface area contributed by atoms with Crippen molar-refractivity contribution in [2.75, 3.05) is 5.32 Å². The molecule has 0 unspecified atom stereocenters. The van der Waals surface area contributed by atoms with Gasteiger partial charge in [-0.2, -0.15) is 0 Å². The lowest BCUT2D eigenvalue weighted by Crippen LogP contribution is -2.61. The first-order chi connectivity index (χ1) is 17.8. The predicted molar refractivity (Wildman–Crippen MR) is 118 cm³/mol. The van der Waals surface area contributed by atoms with Crippen molar-refractivity contribution < 1.29 is 40.7 Å². The second kappa shape index (κ2) is 8.77. The average molecular weight is 542 g/mol. The third-order valence-electron chi connectivity index (χ3n) is 6.84. The van der Waals surface area contributed by atoms with Crippen LogP contribution < -0.4 is 10.6 Å². The molecule has 0 aromatic carbocycles. The van der Waals surface area contributed by atoms with Crippen LogP contribution in [0.25, 0.3) is 0 Å². The Kier molecular flexibility index (Phi) is 5.91. The number of pyridine rings is 1. The van der Waals surface area contributed by atoms with Gasteiger partial charge in [0.25, 0.3) is 29.9 Å². The molecule has 5 rings (SSSR count). The van der Waals surface area contributed by atoms with Gasteiger partial charge in [0.15, 0.2) is 5.82 Å². The van der Waals surface area contributed by atoms with Gasteiger partial charge >= 0.3 is 0 Å². The second-order valence-electron chi connectivity index (χ2n) is 9.42. The quantitative estimate of drug-likeness (QED) is 0.207. The topological polar surface area (TPSA) is 125 Å². The van der Waals surface area contributed by atoms with E-state index in [0.29, 0.717) is 0 Å². The Morgan fingerprint density at radius 3 is 2.50 bits per heavy atom. The van der Waals surface area contributed by atoms with Crippen LogP contribution in [0.4, 0.5) is 32.0 Å². The standard InChI is InChI=1S/C23H20F6N6O3/c1-9-14(18(36)21(38)33-22(13-5-31-34-13)7-23(28,29)8-22)12-4-10(24)6-35(12)17(9)20(37)32-11-2-3-30-16(15(11)25)19(26)27/h2-3,5,10,19,31,34H,4,6-8H2,1H3,(H,33,38)(H,30,32,37)/t10-/m1/s1. The van der Waals surface area contributed by atoms with Crippen LogP contribution in [-0.4, -0.2) is 49.4 Å². The van der Waals surface area contributed by atoms with Gasteiger partial charge in [-0.05, 0) is 18.6 Å². The molecule has 1 atom stereocenters. The summed E-state index contributed by atoms with van der Waals surface area (Å²) in [6.07, 6.45) is -4.33. The van der Waals surface area contributed by atoms with Crippen LogP contribution in [0, 0.1) is 12.7 Å². The van der Waals surface area contributed by atoms with E-state index >= 15 is 0 Å². The van der Waals surface area contributed by atoms with Crippen molar-refractivity contribution in [3.05, 3.63) is 58.2 Å². The minimum atomic E-state index is -3.25. The summed E-state index contributed by atoms with van der Waals surface area (Å²) >= 11 is 0. The third kappa shape index (κ3) is 4.05. The van der Waals surface area contributed by atoms with Gasteiger partial charge in [-0.15, -0.1) is 0 Å². The van der Waals surface area contributed by atoms with E-state index < -0.39 is 71.7 Å². The molecule has 0 bridgehead atoms.